The molecule has 0 aromatic heterocycles. The number of nitrogens with zero attached hydrogens (tertiary/aromatic N) is 4. The van der Waals surface area contributed by atoms with Gasteiger partial charge in [0.15, 0.2) is 0 Å². The monoisotopic (exact) mass is 842 g/mol. The number of aliphatic hydroxyl groups is 2. The number of rotatable bonds is 14. The van der Waals surface area contributed by atoms with E-state index in [-0.39, 0.29) is 22.6 Å². The molecule has 0 saturated heterocycles. The first-order valence-corrected chi connectivity index (χ1v) is 20.4. The van der Waals surface area contributed by atoms with Crippen LogP contribution in [-0.2, 0) is 15.1 Å². The fraction of sp³-hybridized carbons (Fsp3) is 0.176. The molecule has 63 heavy (non-hydrogen) atoms. The second-order valence-electron chi connectivity index (χ2n) is 15.3. The van der Waals surface area contributed by atoms with Gasteiger partial charge in [-0.3, -0.25) is 29.1 Å². The SMILES string of the molecule is CC(CO)/C(=N\OC(=O)N(C)c1ccccc1)C(=O)c1ccc2c(c1)-c1cc(C(=O)/C(=N/OC(=O)N(C)c3ccccc3)C(C)CO)ccc1C2(c1ccccc1)c1ccccc1. The molecule has 12 heteroatoms. The molecule has 0 fully saturated rings. The molecule has 2 unspecified atom stereocenters. The summed E-state index contributed by atoms with van der Waals surface area (Å²) in [6.07, 6.45) is -1.66. The Morgan fingerprint density at radius 1 is 0.524 bits per heavy atom. The van der Waals surface area contributed by atoms with Crippen LogP contribution in [0.2, 0.25) is 0 Å². The van der Waals surface area contributed by atoms with Gasteiger partial charge in [0.1, 0.15) is 11.4 Å². The number of benzene rings is 6. The van der Waals surface area contributed by atoms with Crippen molar-refractivity contribution in [3.63, 3.8) is 0 Å². The third-order valence-corrected chi connectivity index (χ3v) is 11.3. The molecule has 0 heterocycles. The number of carbonyl (C=O) groups is 4. The summed E-state index contributed by atoms with van der Waals surface area (Å²) in [6, 6.07) is 48.0. The Labute approximate surface area is 365 Å². The van der Waals surface area contributed by atoms with Crippen LogP contribution in [-0.4, -0.2) is 72.7 Å². The van der Waals surface area contributed by atoms with Crippen LogP contribution < -0.4 is 9.80 Å². The highest BCUT2D eigenvalue weighted by Gasteiger charge is 2.47. The summed E-state index contributed by atoms with van der Waals surface area (Å²) in [5.41, 5.74) is 5.07. The topological polar surface area (TPSA) is 158 Å². The zero-order valence-corrected chi connectivity index (χ0v) is 35.2. The lowest BCUT2D eigenvalue weighted by molar-refractivity contribution is 0.103. The van der Waals surface area contributed by atoms with Crippen LogP contribution >= 0.6 is 0 Å². The number of fused-ring (bicyclic) bond motifs is 3. The van der Waals surface area contributed by atoms with Crippen molar-refractivity contribution in [2.45, 2.75) is 19.3 Å². The zero-order valence-electron chi connectivity index (χ0n) is 35.2. The van der Waals surface area contributed by atoms with Crippen LogP contribution in [0.1, 0.15) is 56.8 Å². The minimum Gasteiger partial charge on any atom is -0.396 e. The molecule has 12 nitrogen and oxygen atoms in total. The highest BCUT2D eigenvalue weighted by atomic mass is 16.7. The number of anilines is 2. The Morgan fingerprint density at radius 3 is 1.19 bits per heavy atom. The van der Waals surface area contributed by atoms with Crippen LogP contribution in [0.5, 0.6) is 0 Å². The van der Waals surface area contributed by atoms with Crippen LogP contribution in [0, 0.1) is 11.8 Å². The second kappa shape index (κ2) is 19.0. The van der Waals surface area contributed by atoms with Crippen LogP contribution in [0.15, 0.2) is 168 Å². The Balaban J connectivity index is 1.34. The molecule has 2 amide bonds. The van der Waals surface area contributed by atoms with Crippen LogP contribution in [0.4, 0.5) is 21.0 Å². The number of para-hydroxylation sites is 2. The summed E-state index contributed by atoms with van der Waals surface area (Å²) < 4.78 is 0. The summed E-state index contributed by atoms with van der Waals surface area (Å²) in [4.78, 5) is 68.1. The Hall–Kier alpha value is -7.54. The van der Waals surface area contributed by atoms with Gasteiger partial charge in [0, 0.05) is 48.4 Å². The molecule has 2 N–H and O–H groups in total. The van der Waals surface area contributed by atoms with Gasteiger partial charge < -0.3 is 10.2 Å². The third-order valence-electron chi connectivity index (χ3n) is 11.3. The normalized spacial score (nSPS) is 13.8. The predicted octanol–water partition coefficient (Wildman–Crippen LogP) is 8.93. The van der Waals surface area contributed by atoms with Crippen molar-refractivity contribution in [2.24, 2.45) is 22.1 Å². The Morgan fingerprint density at radius 2 is 0.857 bits per heavy atom. The molecule has 0 saturated carbocycles. The minimum atomic E-state index is -0.907. The molecule has 7 rings (SSSR count). The van der Waals surface area contributed by atoms with E-state index in [2.05, 4.69) is 10.3 Å². The predicted molar refractivity (Wildman–Crippen MR) is 242 cm³/mol. The maximum Gasteiger partial charge on any atom is 0.440 e. The molecular formula is C51H46N4O8. The number of hydrogen-bond donors (Lipinski definition) is 2. The van der Waals surface area contributed by atoms with E-state index in [1.165, 1.54) is 23.9 Å². The molecule has 2 atom stereocenters. The number of amides is 2. The van der Waals surface area contributed by atoms with Crippen LogP contribution in [0.3, 0.4) is 0 Å². The van der Waals surface area contributed by atoms with Crippen molar-refractivity contribution < 1.29 is 39.1 Å². The molecule has 1 aliphatic rings. The molecule has 1 aliphatic carbocycles. The number of Topliss-reactive ketones (excluding diaryl/α,β-unsaturated/α-hetero) is 2. The summed E-state index contributed by atoms with van der Waals surface area (Å²) in [6.45, 7) is 2.31. The van der Waals surface area contributed by atoms with Gasteiger partial charge in [-0.1, -0.05) is 145 Å². The number of aliphatic hydroxyl groups excluding tert-OH is 2. The van der Waals surface area contributed by atoms with Crippen molar-refractivity contribution in [1.29, 1.82) is 0 Å². The molecule has 318 valence electrons. The van der Waals surface area contributed by atoms with Crippen molar-refractivity contribution >= 4 is 46.6 Å². The molecule has 0 spiro atoms. The highest BCUT2D eigenvalue weighted by Crippen LogP contribution is 2.56. The number of hydrogen-bond acceptors (Lipinski definition) is 10. The highest BCUT2D eigenvalue weighted by molar-refractivity contribution is 6.47. The summed E-state index contributed by atoms with van der Waals surface area (Å²) in [5.74, 6) is -2.77. The quantitative estimate of drug-likeness (QED) is 0.0476. The maximum atomic E-state index is 14.5. The van der Waals surface area contributed by atoms with Gasteiger partial charge in [-0.15, -0.1) is 0 Å². The molecule has 6 aromatic rings. The van der Waals surface area contributed by atoms with E-state index in [4.69, 9.17) is 9.68 Å². The summed E-state index contributed by atoms with van der Waals surface area (Å²) in [5, 5.41) is 28.5. The zero-order chi connectivity index (χ0) is 44.7. The van der Waals surface area contributed by atoms with E-state index in [9.17, 15) is 29.4 Å². The van der Waals surface area contributed by atoms with Gasteiger partial charge in [0.2, 0.25) is 11.6 Å². The summed E-state index contributed by atoms with van der Waals surface area (Å²) in [7, 11) is 3.03. The van der Waals surface area contributed by atoms with Crippen molar-refractivity contribution in [3.8, 4) is 11.1 Å². The molecule has 6 aromatic carbocycles. The van der Waals surface area contributed by atoms with E-state index >= 15 is 0 Å². The molecule has 0 bridgehead atoms. The first kappa shape index (κ1) is 43.5. The molecule has 0 radical (unpaired) electrons. The first-order valence-electron chi connectivity index (χ1n) is 20.4. The van der Waals surface area contributed by atoms with Gasteiger partial charge in [0.25, 0.3) is 0 Å². The number of oxime groups is 2. The van der Waals surface area contributed by atoms with E-state index < -0.39 is 54.2 Å². The van der Waals surface area contributed by atoms with Gasteiger partial charge in [0.05, 0.1) is 18.6 Å². The lowest BCUT2D eigenvalue weighted by atomic mass is 9.67. The number of carbonyl (C=O) groups excluding carboxylic acids is 4. The average Bonchev–Trinajstić information content (AvgIpc) is 3.63. The Bertz CT molecular complexity index is 2500. The largest absolute Gasteiger partial charge is 0.440 e. The van der Waals surface area contributed by atoms with Gasteiger partial charge >= 0.3 is 12.2 Å². The third kappa shape index (κ3) is 8.54. The van der Waals surface area contributed by atoms with Crippen molar-refractivity contribution in [2.75, 3.05) is 37.1 Å². The Kier molecular flexibility index (Phi) is 13.1. The fourth-order valence-electron chi connectivity index (χ4n) is 7.77. The number of ketones is 2. The van der Waals surface area contributed by atoms with Crippen LogP contribution in [0.25, 0.3) is 11.1 Å². The van der Waals surface area contributed by atoms with Crippen molar-refractivity contribution in [3.05, 3.63) is 191 Å². The molecular weight excluding hydrogens is 797 g/mol. The van der Waals surface area contributed by atoms with Gasteiger partial charge in [-0.2, -0.15) is 0 Å². The minimum absolute atomic E-state index is 0.168. The average molecular weight is 843 g/mol. The summed E-state index contributed by atoms with van der Waals surface area (Å²) >= 11 is 0. The van der Waals surface area contributed by atoms with Gasteiger partial charge in [-0.25, -0.2) is 9.59 Å². The standard InChI is InChI=1S/C51H46N4O8/c1-33(31-56)45(52-62-49(60)54(3)39-21-13-7-14-22-39)47(58)35-25-27-43-41(29-35)42-30-36(26-28-44(42)51(43,37-17-9-5-10-18-37)38-19-11-6-12-20-38)48(59)46(34(2)32-57)53-63-50(61)55(4)40-23-15-8-16-24-40/h5-30,33-34,56-57H,31-32H2,1-4H3/b52-45+,53-46+. The first-order chi connectivity index (χ1) is 30.5. The van der Waals surface area contributed by atoms with Gasteiger partial charge in [-0.05, 0) is 69.8 Å². The van der Waals surface area contributed by atoms with E-state index in [0.29, 0.717) is 22.5 Å². The molecule has 0 aliphatic heterocycles. The maximum absolute atomic E-state index is 14.5. The fourth-order valence-corrected chi connectivity index (χ4v) is 7.77. The van der Waals surface area contributed by atoms with E-state index in [1.54, 1.807) is 86.6 Å². The van der Waals surface area contributed by atoms with E-state index in [0.717, 1.165) is 22.3 Å². The van der Waals surface area contributed by atoms with Crippen molar-refractivity contribution in [1.82, 2.24) is 0 Å². The van der Waals surface area contributed by atoms with E-state index in [1.807, 2.05) is 84.9 Å². The second-order valence-corrected chi connectivity index (χ2v) is 15.3. The lowest BCUT2D eigenvalue weighted by Crippen LogP contribution is -2.30. The smallest absolute Gasteiger partial charge is 0.396 e. The lowest BCUT2D eigenvalue weighted by Gasteiger charge is -2.34.